The first-order valence-electron chi connectivity index (χ1n) is 10.3. The third-order valence-electron chi connectivity index (χ3n) is 8.88. The van der Waals surface area contributed by atoms with Crippen LogP contribution in [0.3, 0.4) is 0 Å². The second-order valence-corrected chi connectivity index (χ2v) is 9.98. The van der Waals surface area contributed by atoms with Crippen LogP contribution in [-0.4, -0.2) is 60.4 Å². The van der Waals surface area contributed by atoms with Crippen LogP contribution in [0.1, 0.15) is 40.0 Å². The zero-order chi connectivity index (χ0) is 18.9. The van der Waals surface area contributed by atoms with Gasteiger partial charge in [-0.3, -0.25) is 0 Å². The maximum absolute atomic E-state index is 12.3. The summed E-state index contributed by atoms with van der Waals surface area (Å²) in [6.45, 7) is 6.96. The third-order valence-corrected chi connectivity index (χ3v) is 8.88. The van der Waals surface area contributed by atoms with Crippen molar-refractivity contribution in [1.29, 1.82) is 0 Å². The molecule has 3 heterocycles. The molecule has 6 heteroatoms. The van der Waals surface area contributed by atoms with Crippen molar-refractivity contribution in [2.24, 2.45) is 23.2 Å². The zero-order valence-electron chi connectivity index (χ0n) is 16.4. The molecule has 9 unspecified atom stereocenters. The van der Waals surface area contributed by atoms with E-state index in [2.05, 4.69) is 20.8 Å². The lowest BCUT2D eigenvalue weighted by Gasteiger charge is -2.55. The van der Waals surface area contributed by atoms with Crippen molar-refractivity contribution in [2.45, 2.75) is 75.7 Å². The lowest BCUT2D eigenvalue weighted by molar-refractivity contribution is -0.137. The number of carbonyl (C=O) groups is 1. The summed E-state index contributed by atoms with van der Waals surface area (Å²) < 4.78 is 24.0. The van der Waals surface area contributed by atoms with Crippen LogP contribution in [0.2, 0.25) is 0 Å². The normalized spacial score (nSPS) is 57.3. The Balaban J connectivity index is 1.48. The Morgan fingerprint density at radius 2 is 2.00 bits per heavy atom. The number of carbonyl (C=O) groups excluding carboxylic acids is 1. The Hall–Kier alpha value is -0.950. The molecule has 1 N–H and O–H groups in total. The van der Waals surface area contributed by atoms with Gasteiger partial charge in [-0.15, -0.1) is 0 Å². The van der Waals surface area contributed by atoms with Crippen molar-refractivity contribution in [1.82, 2.24) is 0 Å². The van der Waals surface area contributed by atoms with Crippen molar-refractivity contribution in [3.8, 4) is 0 Å². The van der Waals surface area contributed by atoms with Crippen LogP contribution < -0.4 is 0 Å². The molecule has 0 aromatic heterocycles. The number of aliphatic hydroxyl groups is 1. The summed E-state index contributed by atoms with van der Waals surface area (Å²) in [4.78, 5) is 12.3. The summed E-state index contributed by atoms with van der Waals surface area (Å²) in [6.07, 6.45) is 1.74. The number of cyclic esters (lactones) is 1. The van der Waals surface area contributed by atoms with E-state index in [9.17, 15) is 9.90 Å². The van der Waals surface area contributed by atoms with E-state index in [0.29, 0.717) is 18.9 Å². The van der Waals surface area contributed by atoms with Crippen LogP contribution >= 0.6 is 0 Å². The molecule has 0 bridgehead atoms. The number of hydrogen-bond acceptors (Lipinski definition) is 6. The summed E-state index contributed by atoms with van der Waals surface area (Å²) in [6, 6.07) is 0. The summed E-state index contributed by atoms with van der Waals surface area (Å²) in [5.41, 5.74) is 0.503. The predicted octanol–water partition coefficient (Wildman–Crippen LogP) is 1.60. The molecule has 0 aromatic carbocycles. The van der Waals surface area contributed by atoms with Crippen LogP contribution in [-0.2, 0) is 23.7 Å². The number of ether oxygens (including phenoxy) is 4. The van der Waals surface area contributed by atoms with Gasteiger partial charge >= 0.3 is 5.97 Å². The summed E-state index contributed by atoms with van der Waals surface area (Å²) >= 11 is 0. The van der Waals surface area contributed by atoms with Gasteiger partial charge in [0.05, 0.1) is 30.0 Å². The Labute approximate surface area is 159 Å². The number of fused-ring (bicyclic) bond motifs is 2. The Kier molecular flexibility index (Phi) is 3.00. The van der Waals surface area contributed by atoms with Crippen LogP contribution in [0.5, 0.6) is 0 Å². The lowest BCUT2D eigenvalue weighted by atomic mass is 9.46. The quantitative estimate of drug-likeness (QED) is 0.582. The van der Waals surface area contributed by atoms with Crippen LogP contribution in [0.25, 0.3) is 0 Å². The van der Waals surface area contributed by atoms with E-state index in [1.165, 1.54) is 0 Å². The van der Waals surface area contributed by atoms with Gasteiger partial charge in [-0.2, -0.15) is 0 Å². The van der Waals surface area contributed by atoms with E-state index in [-0.39, 0.29) is 41.5 Å². The molecule has 0 aromatic rings. The highest BCUT2D eigenvalue weighted by Crippen LogP contribution is 2.79. The highest BCUT2D eigenvalue weighted by Gasteiger charge is 2.93. The highest BCUT2D eigenvalue weighted by molar-refractivity contribution is 5.93. The molecule has 3 aliphatic carbocycles. The second-order valence-electron chi connectivity index (χ2n) is 9.98. The molecule has 2 saturated carbocycles. The molecule has 4 fully saturated rings. The van der Waals surface area contributed by atoms with Crippen molar-refractivity contribution in [3.63, 3.8) is 0 Å². The van der Waals surface area contributed by atoms with E-state index in [4.69, 9.17) is 18.9 Å². The molecule has 3 aliphatic heterocycles. The van der Waals surface area contributed by atoms with Gasteiger partial charge in [-0.1, -0.05) is 20.8 Å². The summed E-state index contributed by atoms with van der Waals surface area (Å²) in [5, 5.41) is 11.4. The monoisotopic (exact) mass is 376 g/mol. The fourth-order valence-corrected chi connectivity index (χ4v) is 7.56. The van der Waals surface area contributed by atoms with E-state index in [1.807, 2.05) is 0 Å². The van der Waals surface area contributed by atoms with Gasteiger partial charge in [0.25, 0.3) is 0 Å². The van der Waals surface area contributed by atoms with E-state index in [1.54, 1.807) is 7.11 Å². The van der Waals surface area contributed by atoms with Gasteiger partial charge in [0.2, 0.25) is 0 Å². The number of epoxide rings is 2. The average Bonchev–Trinajstić information content (AvgIpc) is 3.50. The van der Waals surface area contributed by atoms with Gasteiger partial charge in [-0.05, 0) is 42.6 Å². The van der Waals surface area contributed by atoms with Gasteiger partial charge in [-0.25, -0.2) is 4.79 Å². The van der Waals surface area contributed by atoms with E-state index in [0.717, 1.165) is 24.0 Å². The fraction of sp³-hybridized carbons (Fsp3) is 0.857. The molecule has 6 aliphatic rings. The maximum atomic E-state index is 12.3. The lowest BCUT2D eigenvalue weighted by Crippen LogP contribution is -2.67. The third kappa shape index (κ3) is 1.61. The molecule has 0 radical (unpaired) electrons. The van der Waals surface area contributed by atoms with E-state index < -0.39 is 17.3 Å². The molecule has 27 heavy (non-hydrogen) atoms. The first-order valence-corrected chi connectivity index (χ1v) is 10.3. The molecular weight excluding hydrogens is 348 g/mol. The summed E-state index contributed by atoms with van der Waals surface area (Å²) in [5.74, 6) is 0.532. The first-order chi connectivity index (χ1) is 12.8. The van der Waals surface area contributed by atoms with Crippen molar-refractivity contribution in [3.05, 3.63) is 11.1 Å². The highest BCUT2D eigenvalue weighted by atomic mass is 16.7. The number of rotatable bonds is 2. The Morgan fingerprint density at radius 1 is 1.22 bits per heavy atom. The molecule has 6 nitrogen and oxygen atoms in total. The van der Waals surface area contributed by atoms with Crippen LogP contribution in [0.4, 0.5) is 0 Å². The topological polar surface area (TPSA) is 80.8 Å². The van der Waals surface area contributed by atoms with Crippen molar-refractivity contribution >= 4 is 5.97 Å². The first kappa shape index (κ1) is 17.0. The minimum Gasteiger partial charge on any atom is -0.458 e. The standard InChI is InChI=1S/C21H28O6/c1-9(2)10-5-15-21(27-15)19(3)7-13(24-4)16-11(8-25-18(16)23)12(19)6-14-20(21,26-14)17(10)22/h9-10,12-15,17,22H,5-8H2,1-4H3. The minimum absolute atomic E-state index is 0.000622. The minimum atomic E-state index is -0.587. The molecule has 2 saturated heterocycles. The fourth-order valence-electron chi connectivity index (χ4n) is 7.56. The molecule has 9 atom stereocenters. The predicted molar refractivity (Wildman–Crippen MR) is 93.8 cm³/mol. The molecule has 6 rings (SSSR count). The Morgan fingerprint density at radius 3 is 2.70 bits per heavy atom. The maximum Gasteiger partial charge on any atom is 0.337 e. The van der Waals surface area contributed by atoms with Gasteiger partial charge < -0.3 is 24.1 Å². The van der Waals surface area contributed by atoms with Crippen LogP contribution in [0.15, 0.2) is 11.1 Å². The van der Waals surface area contributed by atoms with Crippen molar-refractivity contribution in [2.75, 3.05) is 13.7 Å². The molecular formula is C21H28O6. The van der Waals surface area contributed by atoms with Gasteiger partial charge in [0.15, 0.2) is 5.60 Å². The van der Waals surface area contributed by atoms with Crippen LogP contribution in [0, 0.1) is 23.2 Å². The smallest absolute Gasteiger partial charge is 0.337 e. The molecule has 2 spiro atoms. The largest absolute Gasteiger partial charge is 0.458 e. The second kappa shape index (κ2) is 4.78. The SMILES string of the molecule is COC1CC2(C)C(CC3OC34C(O)C(C(C)C)CC3OC324)C2=C1C(=O)OC2. The van der Waals surface area contributed by atoms with Gasteiger partial charge in [0.1, 0.15) is 12.2 Å². The molecule has 148 valence electrons. The number of hydrogen-bond donors (Lipinski definition) is 1. The average molecular weight is 376 g/mol. The molecule has 0 amide bonds. The van der Waals surface area contributed by atoms with E-state index >= 15 is 0 Å². The summed E-state index contributed by atoms with van der Waals surface area (Å²) in [7, 11) is 1.66. The zero-order valence-corrected chi connectivity index (χ0v) is 16.4. The Bertz CT molecular complexity index is 775. The number of aliphatic hydroxyl groups excluding tert-OH is 1. The number of methoxy groups -OCH3 is 1. The van der Waals surface area contributed by atoms with Gasteiger partial charge in [0, 0.05) is 12.5 Å². The van der Waals surface area contributed by atoms with Crippen molar-refractivity contribution < 1.29 is 28.8 Å². The number of esters is 1.